The Labute approximate surface area is 271 Å². The van der Waals surface area contributed by atoms with E-state index in [1.54, 1.807) is 49.6 Å². The van der Waals surface area contributed by atoms with E-state index in [0.29, 0.717) is 40.2 Å². The van der Waals surface area contributed by atoms with Crippen LogP contribution in [0.3, 0.4) is 0 Å². The molecule has 5 rings (SSSR count). The van der Waals surface area contributed by atoms with Gasteiger partial charge in [0.25, 0.3) is 11.2 Å². The number of para-hydroxylation sites is 1. The summed E-state index contributed by atoms with van der Waals surface area (Å²) >= 11 is 6.67. The molecule has 11 heteroatoms. The monoisotopic (exact) mass is 640 g/mol. The summed E-state index contributed by atoms with van der Waals surface area (Å²) < 4.78 is 18.7. The van der Waals surface area contributed by atoms with E-state index in [-0.39, 0.29) is 34.5 Å². The maximum absolute atomic E-state index is 13.8. The molecule has 5 aromatic rings. The number of benzene rings is 4. The first-order valence-electron chi connectivity index (χ1n) is 14.7. The molecule has 0 radical (unpaired) electrons. The Hall–Kier alpha value is -5.22. The molecular formula is C35H33ClN4O6. The maximum atomic E-state index is 13.8. The van der Waals surface area contributed by atoms with Gasteiger partial charge in [0.1, 0.15) is 12.4 Å². The zero-order valence-corrected chi connectivity index (χ0v) is 26.9. The van der Waals surface area contributed by atoms with E-state index in [2.05, 4.69) is 18.9 Å². The Morgan fingerprint density at radius 3 is 2.54 bits per heavy atom. The fourth-order valence-electron chi connectivity index (χ4n) is 5.08. The smallest absolute Gasteiger partial charge is 0.282 e. The molecule has 0 atom stereocenters. The first kappa shape index (κ1) is 32.2. The first-order valence-corrected chi connectivity index (χ1v) is 15.1. The first-order chi connectivity index (χ1) is 22.1. The van der Waals surface area contributed by atoms with E-state index in [1.165, 1.54) is 23.0 Å². The molecule has 0 aliphatic rings. The summed E-state index contributed by atoms with van der Waals surface area (Å²) in [7, 11) is 1.64. The highest BCUT2D eigenvalue weighted by Crippen LogP contribution is 2.37. The Kier molecular flexibility index (Phi) is 9.67. The van der Waals surface area contributed by atoms with Gasteiger partial charge in [-0.3, -0.25) is 14.9 Å². The van der Waals surface area contributed by atoms with Gasteiger partial charge in [-0.05, 0) is 78.4 Å². The van der Waals surface area contributed by atoms with Gasteiger partial charge >= 0.3 is 0 Å². The molecule has 0 aliphatic heterocycles. The predicted octanol–water partition coefficient (Wildman–Crippen LogP) is 7.93. The van der Waals surface area contributed by atoms with Gasteiger partial charge in [0.2, 0.25) is 0 Å². The van der Waals surface area contributed by atoms with Gasteiger partial charge in [-0.25, -0.2) is 4.98 Å². The van der Waals surface area contributed by atoms with Crippen LogP contribution in [0.5, 0.6) is 17.2 Å². The summed E-state index contributed by atoms with van der Waals surface area (Å²) in [6.07, 6.45) is 1.52. The second-order valence-corrected chi connectivity index (χ2v) is 11.3. The van der Waals surface area contributed by atoms with Crippen LogP contribution in [0.2, 0.25) is 5.02 Å². The standard InChI is InChI=1S/C35H33ClN4O6/c1-6-45-32-17-24(16-29(36)33(32)46-20-23-10-9-11-25(15-23)40(42)43)19-37-39-34(38-30-13-8-7-12-26(30)35(39)41)28-18-27(21(2)3)31(44-5)14-22(28)4/h7-19,21H,6,20H2,1-5H3. The van der Waals surface area contributed by atoms with E-state index >= 15 is 0 Å². The second-order valence-electron chi connectivity index (χ2n) is 10.9. The third-order valence-electron chi connectivity index (χ3n) is 7.35. The number of aromatic nitrogens is 2. The number of hydrogen-bond donors (Lipinski definition) is 0. The van der Waals surface area contributed by atoms with Gasteiger partial charge < -0.3 is 14.2 Å². The van der Waals surface area contributed by atoms with E-state index < -0.39 is 4.92 Å². The lowest BCUT2D eigenvalue weighted by Gasteiger charge is -2.17. The van der Waals surface area contributed by atoms with Crippen LogP contribution in [0.25, 0.3) is 22.3 Å². The topological polar surface area (TPSA) is 118 Å². The molecule has 1 heterocycles. The van der Waals surface area contributed by atoms with Crippen molar-refractivity contribution in [1.82, 2.24) is 9.66 Å². The minimum atomic E-state index is -0.461. The second kappa shape index (κ2) is 13.8. The largest absolute Gasteiger partial charge is 0.496 e. The van der Waals surface area contributed by atoms with Crippen LogP contribution in [-0.2, 0) is 6.61 Å². The Bertz CT molecular complexity index is 2020. The Balaban J connectivity index is 1.57. The molecule has 46 heavy (non-hydrogen) atoms. The summed E-state index contributed by atoms with van der Waals surface area (Å²) in [6.45, 7) is 8.29. The third-order valence-corrected chi connectivity index (χ3v) is 7.63. The predicted molar refractivity (Wildman–Crippen MR) is 180 cm³/mol. The van der Waals surface area contributed by atoms with Crippen molar-refractivity contribution in [2.75, 3.05) is 13.7 Å². The molecule has 0 fully saturated rings. The minimum Gasteiger partial charge on any atom is -0.496 e. The van der Waals surface area contributed by atoms with Crippen LogP contribution in [0.4, 0.5) is 5.69 Å². The zero-order chi connectivity index (χ0) is 33.0. The minimum absolute atomic E-state index is 0.0353. The van der Waals surface area contributed by atoms with Crippen LogP contribution in [0, 0.1) is 17.0 Å². The number of fused-ring (bicyclic) bond motifs is 1. The number of non-ortho nitro benzene ring substituents is 1. The lowest BCUT2D eigenvalue weighted by molar-refractivity contribution is -0.384. The van der Waals surface area contributed by atoms with Gasteiger partial charge in [-0.1, -0.05) is 49.7 Å². The quantitative estimate of drug-likeness (QED) is 0.0817. The molecule has 0 amide bonds. The third kappa shape index (κ3) is 6.72. The number of rotatable bonds is 11. The van der Waals surface area contributed by atoms with Crippen molar-refractivity contribution in [3.63, 3.8) is 0 Å². The summed E-state index contributed by atoms with van der Waals surface area (Å²) in [5.74, 6) is 1.96. The fraction of sp³-hybridized carbons (Fsp3) is 0.229. The average Bonchev–Trinajstić information content (AvgIpc) is 3.04. The summed E-state index contributed by atoms with van der Waals surface area (Å²) in [6, 6.07) is 20.6. The summed E-state index contributed by atoms with van der Waals surface area (Å²) in [5.41, 5.74) is 3.96. The Morgan fingerprint density at radius 2 is 1.83 bits per heavy atom. The van der Waals surface area contributed by atoms with Crippen molar-refractivity contribution in [2.45, 2.75) is 40.2 Å². The maximum Gasteiger partial charge on any atom is 0.282 e. The summed E-state index contributed by atoms with van der Waals surface area (Å²) in [5, 5.41) is 16.5. The van der Waals surface area contributed by atoms with E-state index in [1.807, 2.05) is 32.0 Å². The molecular weight excluding hydrogens is 608 g/mol. The van der Waals surface area contributed by atoms with Crippen molar-refractivity contribution < 1.29 is 19.1 Å². The van der Waals surface area contributed by atoms with Crippen molar-refractivity contribution >= 4 is 34.4 Å². The van der Waals surface area contributed by atoms with Crippen LogP contribution in [-0.4, -0.2) is 34.5 Å². The van der Waals surface area contributed by atoms with Gasteiger partial charge in [0.15, 0.2) is 17.3 Å². The fourth-order valence-corrected chi connectivity index (χ4v) is 5.35. The Morgan fingerprint density at radius 1 is 1.04 bits per heavy atom. The molecule has 236 valence electrons. The number of halogens is 1. The van der Waals surface area contributed by atoms with Crippen LogP contribution < -0.4 is 19.8 Å². The molecule has 1 aromatic heterocycles. The van der Waals surface area contributed by atoms with Crippen LogP contribution in [0.15, 0.2) is 82.7 Å². The van der Waals surface area contributed by atoms with Gasteiger partial charge in [0.05, 0.1) is 40.8 Å². The van der Waals surface area contributed by atoms with Gasteiger partial charge in [-0.15, -0.1) is 0 Å². The van der Waals surface area contributed by atoms with E-state index in [4.69, 9.17) is 30.8 Å². The molecule has 0 unspecified atom stereocenters. The van der Waals surface area contributed by atoms with Gasteiger partial charge in [-0.2, -0.15) is 9.78 Å². The average molecular weight is 641 g/mol. The molecule has 0 saturated heterocycles. The molecule has 0 bridgehead atoms. The highest BCUT2D eigenvalue weighted by Gasteiger charge is 2.19. The molecule has 4 aromatic carbocycles. The van der Waals surface area contributed by atoms with Crippen molar-refractivity contribution in [2.24, 2.45) is 5.10 Å². The number of nitrogens with zero attached hydrogens (tertiary/aromatic N) is 4. The van der Waals surface area contributed by atoms with Crippen molar-refractivity contribution in [3.8, 4) is 28.6 Å². The number of aryl methyl sites for hydroxylation is 1. The van der Waals surface area contributed by atoms with Gasteiger partial charge in [0, 0.05) is 17.7 Å². The number of nitro benzene ring substituents is 1. The number of nitro groups is 1. The number of hydrogen-bond acceptors (Lipinski definition) is 8. The number of methoxy groups -OCH3 is 1. The number of ether oxygens (including phenoxy) is 3. The molecule has 0 N–H and O–H groups in total. The van der Waals surface area contributed by atoms with Crippen molar-refractivity contribution in [1.29, 1.82) is 0 Å². The molecule has 0 saturated carbocycles. The lowest BCUT2D eigenvalue weighted by atomic mass is 9.96. The normalized spacial score (nSPS) is 11.4. The van der Waals surface area contributed by atoms with E-state index in [9.17, 15) is 14.9 Å². The van der Waals surface area contributed by atoms with Crippen LogP contribution >= 0.6 is 11.6 Å². The van der Waals surface area contributed by atoms with E-state index in [0.717, 1.165) is 22.4 Å². The highest BCUT2D eigenvalue weighted by atomic mass is 35.5. The highest BCUT2D eigenvalue weighted by molar-refractivity contribution is 6.32. The lowest BCUT2D eigenvalue weighted by Crippen LogP contribution is -2.20. The summed E-state index contributed by atoms with van der Waals surface area (Å²) in [4.78, 5) is 29.4. The SMILES string of the molecule is CCOc1cc(C=Nn2c(-c3cc(C(C)C)c(OC)cc3C)nc3ccccc3c2=O)cc(Cl)c1OCc1cccc([N+](=O)[O-])c1. The van der Waals surface area contributed by atoms with Crippen LogP contribution in [0.1, 0.15) is 48.9 Å². The van der Waals surface area contributed by atoms with Crippen molar-refractivity contribution in [3.05, 3.63) is 121 Å². The molecule has 10 nitrogen and oxygen atoms in total. The molecule has 0 spiro atoms. The molecule has 0 aliphatic carbocycles. The zero-order valence-electron chi connectivity index (χ0n) is 26.1.